The zero-order valence-corrected chi connectivity index (χ0v) is 14.2. The van der Waals surface area contributed by atoms with Gasteiger partial charge in [-0.15, -0.1) is 0 Å². The van der Waals surface area contributed by atoms with E-state index in [1.807, 2.05) is 22.9 Å². The molecular formula is C18H24N4O2. The highest BCUT2D eigenvalue weighted by molar-refractivity contribution is 5.94. The fraction of sp³-hybridized carbons (Fsp3) is 0.389. The minimum atomic E-state index is -0.120. The van der Waals surface area contributed by atoms with Crippen LogP contribution < -0.4 is 10.6 Å². The number of amides is 2. The minimum Gasteiger partial charge on any atom is -0.352 e. The molecular weight excluding hydrogens is 304 g/mol. The number of anilines is 1. The summed E-state index contributed by atoms with van der Waals surface area (Å²) in [5.74, 6) is 0.516. The van der Waals surface area contributed by atoms with Gasteiger partial charge in [0.25, 0.3) is 5.91 Å². The Hall–Kier alpha value is -2.63. The molecule has 2 aromatic rings. The van der Waals surface area contributed by atoms with Crippen LogP contribution in [0.25, 0.3) is 0 Å². The monoisotopic (exact) mass is 328 g/mol. The summed E-state index contributed by atoms with van der Waals surface area (Å²) in [6, 6.07) is 11.1. The van der Waals surface area contributed by atoms with Crippen LogP contribution in [0.5, 0.6) is 0 Å². The Morgan fingerprint density at radius 2 is 1.96 bits per heavy atom. The van der Waals surface area contributed by atoms with E-state index in [4.69, 9.17) is 0 Å². The van der Waals surface area contributed by atoms with Gasteiger partial charge in [0.1, 0.15) is 5.82 Å². The maximum absolute atomic E-state index is 12.0. The zero-order chi connectivity index (χ0) is 17.4. The molecule has 6 nitrogen and oxygen atoms in total. The summed E-state index contributed by atoms with van der Waals surface area (Å²) in [6.07, 6.45) is 3.56. The lowest BCUT2D eigenvalue weighted by Gasteiger charge is -2.14. The highest BCUT2D eigenvalue weighted by atomic mass is 16.2. The number of hydrogen-bond acceptors (Lipinski definition) is 3. The third-order valence-electron chi connectivity index (χ3n) is 3.85. The molecule has 0 fully saturated rings. The summed E-state index contributed by atoms with van der Waals surface area (Å²) in [5.41, 5.74) is 0.624. The van der Waals surface area contributed by atoms with Gasteiger partial charge in [0, 0.05) is 24.6 Å². The van der Waals surface area contributed by atoms with Gasteiger partial charge in [-0.2, -0.15) is 5.10 Å². The van der Waals surface area contributed by atoms with Gasteiger partial charge in [-0.25, -0.2) is 4.68 Å². The zero-order valence-electron chi connectivity index (χ0n) is 14.2. The predicted molar refractivity (Wildman–Crippen MR) is 93.9 cm³/mol. The minimum absolute atomic E-state index is 0.0750. The third-order valence-corrected chi connectivity index (χ3v) is 3.85. The maximum atomic E-state index is 12.0. The van der Waals surface area contributed by atoms with Crippen LogP contribution in [0.3, 0.4) is 0 Å². The van der Waals surface area contributed by atoms with Crippen LogP contribution in [-0.4, -0.2) is 28.1 Å². The average molecular weight is 328 g/mol. The van der Waals surface area contributed by atoms with Crippen molar-refractivity contribution in [2.24, 2.45) is 0 Å². The van der Waals surface area contributed by atoms with E-state index >= 15 is 0 Å². The molecule has 0 spiro atoms. The first kappa shape index (κ1) is 17.7. The smallest absolute Gasteiger partial charge is 0.251 e. The average Bonchev–Trinajstić information content (AvgIpc) is 3.06. The number of rotatable bonds is 8. The van der Waals surface area contributed by atoms with Crippen molar-refractivity contribution in [3.8, 4) is 0 Å². The van der Waals surface area contributed by atoms with E-state index in [9.17, 15) is 9.59 Å². The number of nitrogens with zero attached hydrogens (tertiary/aromatic N) is 2. The van der Waals surface area contributed by atoms with Crippen LogP contribution in [0.15, 0.2) is 42.6 Å². The molecule has 0 saturated heterocycles. The van der Waals surface area contributed by atoms with Gasteiger partial charge < -0.3 is 10.6 Å². The largest absolute Gasteiger partial charge is 0.352 e. The first-order valence-electron chi connectivity index (χ1n) is 8.28. The van der Waals surface area contributed by atoms with E-state index < -0.39 is 0 Å². The second-order valence-electron chi connectivity index (χ2n) is 5.69. The molecule has 2 N–H and O–H groups in total. The Kier molecular flexibility index (Phi) is 6.54. The van der Waals surface area contributed by atoms with Crippen LogP contribution in [-0.2, 0) is 4.79 Å². The molecule has 0 aliphatic rings. The second kappa shape index (κ2) is 8.86. The van der Waals surface area contributed by atoms with Crippen molar-refractivity contribution in [3.05, 3.63) is 48.2 Å². The van der Waals surface area contributed by atoms with Gasteiger partial charge in [0.05, 0.1) is 12.2 Å². The highest BCUT2D eigenvalue weighted by Gasteiger charge is 2.11. The van der Waals surface area contributed by atoms with Crippen molar-refractivity contribution in [2.75, 3.05) is 11.9 Å². The molecule has 2 amide bonds. The summed E-state index contributed by atoms with van der Waals surface area (Å²) >= 11 is 0. The molecule has 1 heterocycles. The fourth-order valence-corrected chi connectivity index (χ4v) is 2.29. The quantitative estimate of drug-likeness (QED) is 0.731. The molecule has 128 valence electrons. The van der Waals surface area contributed by atoms with Gasteiger partial charge in [-0.05, 0) is 31.9 Å². The molecule has 1 aromatic heterocycles. The molecule has 0 unspecified atom stereocenters. The van der Waals surface area contributed by atoms with E-state index in [2.05, 4.69) is 29.6 Å². The Morgan fingerprint density at radius 1 is 1.21 bits per heavy atom. The summed E-state index contributed by atoms with van der Waals surface area (Å²) in [4.78, 5) is 23.9. The normalized spacial score (nSPS) is 11.8. The Morgan fingerprint density at radius 3 is 2.67 bits per heavy atom. The van der Waals surface area contributed by atoms with Gasteiger partial charge >= 0.3 is 0 Å². The lowest BCUT2D eigenvalue weighted by molar-refractivity contribution is -0.116. The summed E-state index contributed by atoms with van der Waals surface area (Å²) in [7, 11) is 0. The second-order valence-corrected chi connectivity index (χ2v) is 5.69. The van der Waals surface area contributed by atoms with Crippen LogP contribution in [0.4, 0.5) is 5.82 Å². The number of nitrogens with one attached hydrogen (secondary N) is 2. The molecule has 2 rings (SSSR count). The van der Waals surface area contributed by atoms with Crippen molar-refractivity contribution in [1.82, 2.24) is 15.1 Å². The summed E-state index contributed by atoms with van der Waals surface area (Å²) in [6.45, 7) is 4.60. The number of carbonyl (C=O) groups excluding carboxylic acids is 2. The van der Waals surface area contributed by atoms with Crippen LogP contribution >= 0.6 is 0 Å². The van der Waals surface area contributed by atoms with E-state index in [0.717, 1.165) is 6.42 Å². The summed E-state index contributed by atoms with van der Waals surface area (Å²) < 4.78 is 1.81. The van der Waals surface area contributed by atoms with Crippen molar-refractivity contribution >= 4 is 17.6 Å². The standard InChI is InChI=1S/C18H24N4O2/c1-3-14(2)22-16(11-13-20-22)21-17(23)10-7-12-19-18(24)15-8-5-4-6-9-15/h4-6,8-9,11,13-14H,3,7,10,12H2,1-2H3,(H,19,24)(H,21,23)/t14-/m0/s1. The number of carbonyl (C=O) groups is 2. The van der Waals surface area contributed by atoms with Gasteiger partial charge in [-0.1, -0.05) is 25.1 Å². The predicted octanol–water partition coefficient (Wildman–Crippen LogP) is 3.00. The molecule has 6 heteroatoms. The van der Waals surface area contributed by atoms with Crippen molar-refractivity contribution in [3.63, 3.8) is 0 Å². The van der Waals surface area contributed by atoms with Gasteiger partial charge in [0.2, 0.25) is 5.91 Å². The Balaban J connectivity index is 1.72. The van der Waals surface area contributed by atoms with E-state index in [-0.39, 0.29) is 17.9 Å². The lowest BCUT2D eigenvalue weighted by Crippen LogP contribution is -2.25. The lowest BCUT2D eigenvalue weighted by atomic mass is 10.2. The molecule has 0 aliphatic carbocycles. The van der Waals surface area contributed by atoms with Gasteiger partial charge in [-0.3, -0.25) is 9.59 Å². The molecule has 0 aliphatic heterocycles. The number of aromatic nitrogens is 2. The molecule has 0 radical (unpaired) electrons. The first-order valence-corrected chi connectivity index (χ1v) is 8.28. The maximum Gasteiger partial charge on any atom is 0.251 e. The molecule has 1 atom stereocenters. The highest BCUT2D eigenvalue weighted by Crippen LogP contribution is 2.16. The molecule has 0 saturated carbocycles. The topological polar surface area (TPSA) is 76.0 Å². The summed E-state index contributed by atoms with van der Waals surface area (Å²) in [5, 5.41) is 9.93. The molecule has 24 heavy (non-hydrogen) atoms. The SMILES string of the molecule is CC[C@H](C)n1nccc1NC(=O)CCCNC(=O)c1ccccc1. The Bertz CT molecular complexity index is 667. The van der Waals surface area contributed by atoms with Crippen LogP contribution in [0, 0.1) is 0 Å². The van der Waals surface area contributed by atoms with Crippen LogP contribution in [0.2, 0.25) is 0 Å². The van der Waals surface area contributed by atoms with Gasteiger partial charge in [0.15, 0.2) is 0 Å². The number of benzene rings is 1. The molecule has 1 aromatic carbocycles. The van der Waals surface area contributed by atoms with Crippen LogP contribution in [0.1, 0.15) is 49.5 Å². The fourth-order valence-electron chi connectivity index (χ4n) is 2.29. The van der Waals surface area contributed by atoms with Crippen molar-refractivity contribution in [2.45, 2.75) is 39.2 Å². The Labute approximate surface area is 142 Å². The molecule has 0 bridgehead atoms. The van der Waals surface area contributed by atoms with E-state index in [0.29, 0.717) is 30.8 Å². The van der Waals surface area contributed by atoms with E-state index in [1.54, 1.807) is 24.4 Å². The van der Waals surface area contributed by atoms with Crippen molar-refractivity contribution in [1.29, 1.82) is 0 Å². The van der Waals surface area contributed by atoms with Crippen molar-refractivity contribution < 1.29 is 9.59 Å². The first-order chi connectivity index (χ1) is 11.6. The van der Waals surface area contributed by atoms with E-state index in [1.165, 1.54) is 0 Å². The number of hydrogen-bond donors (Lipinski definition) is 2. The third kappa shape index (κ3) is 4.94.